The normalized spacial score (nSPS) is 38.0. The Bertz CT molecular complexity index is 388. The standard InChI is InChI=1S/C16H33B2O4/c1-8-9-10-18(20-14(3)12-16(6,7)22-18)17-19-13(2)11-15(4,5)21-17/h13-14H,8-12H2,1-7H3/q-1/t13-,14-,18+/m1/s1. The van der Waals surface area contributed by atoms with Crippen LogP contribution in [0.4, 0.5) is 0 Å². The molecule has 6 heteroatoms. The van der Waals surface area contributed by atoms with Gasteiger partial charge in [0.1, 0.15) is 0 Å². The molecule has 2 rings (SSSR count). The average molecular weight is 311 g/mol. The zero-order chi connectivity index (χ0) is 16.6. The molecule has 128 valence electrons. The molecule has 4 nitrogen and oxygen atoms in total. The van der Waals surface area contributed by atoms with Crippen LogP contribution in [0.2, 0.25) is 6.32 Å². The topological polar surface area (TPSA) is 36.9 Å². The van der Waals surface area contributed by atoms with Crippen molar-refractivity contribution in [2.45, 2.75) is 104 Å². The molecule has 0 saturated carbocycles. The second kappa shape index (κ2) is 6.46. The highest BCUT2D eigenvalue weighted by Gasteiger charge is 2.52. The Morgan fingerprint density at radius 2 is 1.68 bits per heavy atom. The molecule has 0 amide bonds. The van der Waals surface area contributed by atoms with Crippen molar-refractivity contribution >= 4 is 13.5 Å². The van der Waals surface area contributed by atoms with Gasteiger partial charge in [0.05, 0.1) is 0 Å². The molecular formula is C16H33B2O4-. The van der Waals surface area contributed by atoms with E-state index >= 15 is 0 Å². The average Bonchev–Trinajstić information content (AvgIpc) is 2.31. The van der Waals surface area contributed by atoms with Gasteiger partial charge in [-0.2, -0.15) is 0 Å². The molecule has 0 unspecified atom stereocenters. The van der Waals surface area contributed by atoms with Crippen molar-refractivity contribution in [1.82, 2.24) is 0 Å². The van der Waals surface area contributed by atoms with Gasteiger partial charge in [0.25, 0.3) is 6.44 Å². The van der Waals surface area contributed by atoms with Crippen molar-refractivity contribution in [3.05, 3.63) is 0 Å². The quantitative estimate of drug-likeness (QED) is 0.735. The summed E-state index contributed by atoms with van der Waals surface area (Å²) in [4.78, 5) is 0. The van der Waals surface area contributed by atoms with Gasteiger partial charge in [-0.05, 0) is 54.4 Å². The highest BCUT2D eigenvalue weighted by Crippen LogP contribution is 2.40. The molecule has 0 aromatic carbocycles. The van der Waals surface area contributed by atoms with E-state index in [0.717, 1.165) is 32.0 Å². The first-order valence-electron chi connectivity index (χ1n) is 8.95. The van der Waals surface area contributed by atoms with Crippen LogP contribution in [0.5, 0.6) is 0 Å². The first kappa shape index (κ1) is 18.3. The molecule has 0 aromatic heterocycles. The highest BCUT2D eigenvalue weighted by atomic mass is 16.7. The van der Waals surface area contributed by atoms with Gasteiger partial charge in [0, 0.05) is 23.4 Å². The molecule has 0 radical (unpaired) electrons. The van der Waals surface area contributed by atoms with Crippen molar-refractivity contribution in [2.24, 2.45) is 0 Å². The number of hydrogen-bond acceptors (Lipinski definition) is 4. The van der Waals surface area contributed by atoms with Gasteiger partial charge >= 0.3 is 7.01 Å². The fourth-order valence-electron chi connectivity index (χ4n) is 4.20. The molecule has 2 aliphatic rings. The summed E-state index contributed by atoms with van der Waals surface area (Å²) >= 11 is 0. The summed E-state index contributed by atoms with van der Waals surface area (Å²) in [6.45, 7) is 15.0. The highest BCUT2D eigenvalue weighted by molar-refractivity contribution is 7.22. The minimum Gasteiger partial charge on any atom is -0.568 e. The molecule has 0 spiro atoms. The van der Waals surface area contributed by atoms with Crippen molar-refractivity contribution in [3.8, 4) is 0 Å². The Morgan fingerprint density at radius 3 is 2.23 bits per heavy atom. The molecule has 0 aliphatic carbocycles. The largest absolute Gasteiger partial charge is 0.568 e. The third-order valence-corrected chi connectivity index (χ3v) is 4.72. The molecule has 0 N–H and O–H groups in total. The first-order valence-corrected chi connectivity index (χ1v) is 8.95. The molecule has 3 atom stereocenters. The van der Waals surface area contributed by atoms with Gasteiger partial charge in [0.2, 0.25) is 0 Å². The van der Waals surface area contributed by atoms with Crippen LogP contribution >= 0.6 is 0 Å². The fourth-order valence-corrected chi connectivity index (χ4v) is 4.20. The van der Waals surface area contributed by atoms with Gasteiger partial charge in [0.15, 0.2) is 0 Å². The van der Waals surface area contributed by atoms with Crippen LogP contribution in [0.1, 0.15) is 74.1 Å². The number of unbranched alkanes of at least 4 members (excludes halogenated alkanes) is 1. The SMILES string of the molecule is CCCC[B@-]1(B2O[C@H](C)CC(C)(C)O2)O[C@H](C)CC(C)(C)O1. The van der Waals surface area contributed by atoms with Crippen LogP contribution in [0.3, 0.4) is 0 Å². The van der Waals surface area contributed by atoms with Gasteiger partial charge in [-0.1, -0.05) is 19.8 Å². The van der Waals surface area contributed by atoms with Crippen LogP contribution in [-0.4, -0.2) is 36.9 Å². The minimum absolute atomic E-state index is 0.154. The van der Waals surface area contributed by atoms with Crippen molar-refractivity contribution in [2.75, 3.05) is 0 Å². The molecule has 2 heterocycles. The van der Waals surface area contributed by atoms with Gasteiger partial charge in [-0.25, -0.2) is 0 Å². The summed E-state index contributed by atoms with van der Waals surface area (Å²) in [5.41, 5.74) is -0.413. The summed E-state index contributed by atoms with van der Waals surface area (Å²) in [5, 5.41) is 0. The van der Waals surface area contributed by atoms with Crippen LogP contribution in [0.25, 0.3) is 0 Å². The van der Waals surface area contributed by atoms with Gasteiger partial charge < -0.3 is 18.6 Å². The lowest BCUT2D eigenvalue weighted by Crippen LogP contribution is -2.70. The van der Waals surface area contributed by atoms with Crippen LogP contribution < -0.4 is 0 Å². The predicted molar refractivity (Wildman–Crippen MR) is 91.9 cm³/mol. The lowest BCUT2D eigenvalue weighted by molar-refractivity contribution is -0.0633. The molecule has 0 aromatic rings. The lowest BCUT2D eigenvalue weighted by atomic mass is 9.25. The van der Waals surface area contributed by atoms with Crippen LogP contribution in [0.15, 0.2) is 0 Å². The second-order valence-corrected chi connectivity index (χ2v) is 8.50. The van der Waals surface area contributed by atoms with Crippen molar-refractivity contribution in [1.29, 1.82) is 0 Å². The smallest absolute Gasteiger partial charge is 0.326 e. The number of hydrogen-bond donors (Lipinski definition) is 0. The summed E-state index contributed by atoms with van der Waals surface area (Å²) in [7, 11) is -0.410. The molecule has 2 fully saturated rings. The van der Waals surface area contributed by atoms with Gasteiger partial charge in [-0.15, -0.1) is 6.32 Å². The summed E-state index contributed by atoms with van der Waals surface area (Å²) in [6.07, 6.45) is 3.53. The Morgan fingerprint density at radius 1 is 1.05 bits per heavy atom. The molecule has 2 aliphatic heterocycles. The van der Waals surface area contributed by atoms with E-state index in [4.69, 9.17) is 18.6 Å². The van der Waals surface area contributed by atoms with Crippen molar-refractivity contribution < 1.29 is 18.6 Å². The molecule has 22 heavy (non-hydrogen) atoms. The Labute approximate surface area is 136 Å². The summed E-state index contributed by atoms with van der Waals surface area (Å²) < 4.78 is 25.3. The molecule has 2 saturated heterocycles. The van der Waals surface area contributed by atoms with E-state index in [1.54, 1.807) is 0 Å². The van der Waals surface area contributed by atoms with E-state index in [9.17, 15) is 0 Å². The lowest BCUT2D eigenvalue weighted by Gasteiger charge is -2.59. The fraction of sp³-hybridized carbons (Fsp3) is 1.00. The number of rotatable bonds is 4. The maximum Gasteiger partial charge on any atom is 0.326 e. The van der Waals surface area contributed by atoms with E-state index in [-0.39, 0.29) is 23.4 Å². The zero-order valence-corrected chi connectivity index (χ0v) is 15.5. The second-order valence-electron chi connectivity index (χ2n) is 8.50. The maximum absolute atomic E-state index is 6.51. The Hall–Kier alpha value is -0.0301. The zero-order valence-electron chi connectivity index (χ0n) is 15.5. The maximum atomic E-state index is 6.51. The van der Waals surface area contributed by atoms with Crippen LogP contribution in [0, 0.1) is 0 Å². The third kappa shape index (κ3) is 4.28. The van der Waals surface area contributed by atoms with E-state index in [2.05, 4.69) is 48.5 Å². The van der Waals surface area contributed by atoms with E-state index in [1.165, 1.54) is 0 Å². The Balaban J connectivity index is 2.28. The minimum atomic E-state index is -1.60. The monoisotopic (exact) mass is 311 g/mol. The summed E-state index contributed by atoms with van der Waals surface area (Å²) in [6, 6.07) is 0. The molecule has 0 bridgehead atoms. The predicted octanol–water partition coefficient (Wildman–Crippen LogP) is 4.00. The van der Waals surface area contributed by atoms with Crippen LogP contribution in [-0.2, 0) is 18.6 Å². The van der Waals surface area contributed by atoms with E-state index in [1.807, 2.05) is 0 Å². The summed E-state index contributed by atoms with van der Waals surface area (Å²) in [5.74, 6) is 0. The Kier molecular flexibility index (Phi) is 5.38. The van der Waals surface area contributed by atoms with Gasteiger partial charge in [-0.3, -0.25) is 0 Å². The third-order valence-electron chi connectivity index (χ3n) is 4.72. The first-order chi connectivity index (χ1) is 10.1. The molecular weight excluding hydrogens is 278 g/mol. The van der Waals surface area contributed by atoms with E-state index in [0.29, 0.717) is 0 Å². The van der Waals surface area contributed by atoms with Crippen molar-refractivity contribution in [3.63, 3.8) is 0 Å². The van der Waals surface area contributed by atoms with E-state index < -0.39 is 13.5 Å².